The minimum atomic E-state index is -1.04. The summed E-state index contributed by atoms with van der Waals surface area (Å²) in [6.07, 6.45) is -0.283. The number of piperazine rings is 1. The van der Waals surface area contributed by atoms with E-state index in [1.807, 2.05) is 16.3 Å². The lowest BCUT2D eigenvalue weighted by atomic mass is 10.1. The Kier molecular flexibility index (Phi) is 9.94. The summed E-state index contributed by atoms with van der Waals surface area (Å²) in [4.78, 5) is 55.9. The topological polar surface area (TPSA) is 152 Å². The third-order valence-corrected chi connectivity index (χ3v) is 8.56. The van der Waals surface area contributed by atoms with Crippen molar-refractivity contribution in [2.75, 3.05) is 43.5 Å². The van der Waals surface area contributed by atoms with E-state index in [2.05, 4.69) is 10.6 Å². The molecule has 1 atom stereocenters. The standard InChI is InChI=1S/C34H31N5O6S/c1-45-26-5-2-4-24(18-26)32(42)36-27-19-25(33(43)37-28(20-31(40)41)30-6-3-17-46-30)11-12-29(27)38-13-15-39(16-14-38)34(44)23-9-7-22(21-35)8-10-23/h2-12,17-19,28H,13-16,20H2,1H3,(H,36,42)(H,37,43)(H,40,41). The summed E-state index contributed by atoms with van der Waals surface area (Å²) < 4.78 is 5.26. The number of nitrogens with zero attached hydrogens (tertiary/aromatic N) is 3. The second-order valence-corrected chi connectivity index (χ2v) is 11.5. The molecule has 0 bridgehead atoms. The highest BCUT2D eigenvalue weighted by Gasteiger charge is 2.26. The summed E-state index contributed by atoms with van der Waals surface area (Å²) in [7, 11) is 1.51. The number of hydrogen-bond acceptors (Lipinski definition) is 8. The number of carbonyl (C=O) groups excluding carboxylic acids is 3. The number of carbonyl (C=O) groups is 4. The summed E-state index contributed by atoms with van der Waals surface area (Å²) in [6, 6.07) is 23.0. The molecule has 0 radical (unpaired) electrons. The number of ether oxygens (including phenoxy) is 1. The number of nitrogens with one attached hydrogen (secondary N) is 2. The smallest absolute Gasteiger partial charge is 0.305 e. The molecule has 0 saturated carbocycles. The van der Waals surface area contributed by atoms with Gasteiger partial charge in [-0.05, 0) is 72.1 Å². The van der Waals surface area contributed by atoms with Crippen LogP contribution in [0.15, 0.2) is 84.2 Å². The summed E-state index contributed by atoms with van der Waals surface area (Å²) in [5, 5.41) is 26.1. The van der Waals surface area contributed by atoms with E-state index >= 15 is 0 Å². The van der Waals surface area contributed by atoms with Gasteiger partial charge in [-0.3, -0.25) is 19.2 Å². The average molecular weight is 638 g/mol. The van der Waals surface area contributed by atoms with Gasteiger partial charge in [-0.1, -0.05) is 12.1 Å². The number of rotatable bonds is 10. The summed E-state index contributed by atoms with van der Waals surface area (Å²) in [6.45, 7) is 1.77. The average Bonchev–Trinajstić information content (AvgIpc) is 3.63. The van der Waals surface area contributed by atoms with Crippen molar-refractivity contribution in [1.82, 2.24) is 10.2 Å². The molecule has 0 spiro atoms. The quantitative estimate of drug-likeness (QED) is 0.225. The number of amides is 3. The number of benzene rings is 3. The van der Waals surface area contributed by atoms with Crippen molar-refractivity contribution in [3.05, 3.63) is 111 Å². The Morgan fingerprint density at radius 2 is 1.63 bits per heavy atom. The summed E-state index contributed by atoms with van der Waals surface area (Å²) >= 11 is 1.35. The van der Waals surface area contributed by atoms with E-state index in [9.17, 15) is 24.3 Å². The molecule has 1 unspecified atom stereocenters. The minimum Gasteiger partial charge on any atom is -0.497 e. The third kappa shape index (κ3) is 7.51. The van der Waals surface area contributed by atoms with Gasteiger partial charge in [0.1, 0.15) is 5.75 Å². The first kappa shape index (κ1) is 31.7. The first-order chi connectivity index (χ1) is 22.2. The van der Waals surface area contributed by atoms with E-state index in [-0.39, 0.29) is 17.9 Å². The fourth-order valence-electron chi connectivity index (χ4n) is 5.16. The van der Waals surface area contributed by atoms with Crippen molar-refractivity contribution in [1.29, 1.82) is 5.26 Å². The zero-order chi connectivity index (χ0) is 32.6. The zero-order valence-corrected chi connectivity index (χ0v) is 25.8. The molecule has 1 aliphatic rings. The van der Waals surface area contributed by atoms with Gasteiger partial charge in [0.05, 0.1) is 42.6 Å². The summed E-state index contributed by atoms with van der Waals surface area (Å²) in [5.41, 5.74) is 2.63. The van der Waals surface area contributed by atoms with Crippen molar-refractivity contribution in [3.63, 3.8) is 0 Å². The molecule has 1 fully saturated rings. The second-order valence-electron chi connectivity index (χ2n) is 10.5. The van der Waals surface area contributed by atoms with E-state index in [4.69, 9.17) is 10.00 Å². The van der Waals surface area contributed by atoms with Crippen molar-refractivity contribution in [2.45, 2.75) is 12.5 Å². The Hall–Kier alpha value is -5.67. The monoisotopic (exact) mass is 637 g/mol. The number of carboxylic acids is 1. The maximum Gasteiger partial charge on any atom is 0.305 e. The lowest BCUT2D eigenvalue weighted by Crippen LogP contribution is -2.49. The van der Waals surface area contributed by atoms with Crippen LogP contribution in [0.3, 0.4) is 0 Å². The van der Waals surface area contributed by atoms with Gasteiger partial charge in [0.15, 0.2) is 0 Å². The molecule has 12 heteroatoms. The number of methoxy groups -OCH3 is 1. The van der Waals surface area contributed by atoms with E-state index in [1.165, 1.54) is 18.4 Å². The molecule has 11 nitrogen and oxygen atoms in total. The van der Waals surface area contributed by atoms with Crippen LogP contribution in [-0.2, 0) is 4.79 Å². The van der Waals surface area contributed by atoms with Gasteiger partial charge in [0.2, 0.25) is 0 Å². The minimum absolute atomic E-state index is 0.135. The fraction of sp³-hybridized carbons (Fsp3) is 0.206. The molecular formula is C34H31N5O6S. The molecule has 3 N–H and O–H groups in total. The van der Waals surface area contributed by atoms with Crippen LogP contribution in [0.5, 0.6) is 5.75 Å². The zero-order valence-electron chi connectivity index (χ0n) is 24.9. The van der Waals surface area contributed by atoms with Gasteiger partial charge < -0.3 is 30.3 Å². The molecule has 5 rings (SSSR count). The molecule has 1 saturated heterocycles. The Morgan fingerprint density at radius 1 is 0.913 bits per heavy atom. The Morgan fingerprint density at radius 3 is 2.28 bits per heavy atom. The largest absolute Gasteiger partial charge is 0.497 e. The molecule has 4 aromatic rings. The maximum atomic E-state index is 13.4. The third-order valence-electron chi connectivity index (χ3n) is 7.58. The molecule has 2 heterocycles. The first-order valence-corrected chi connectivity index (χ1v) is 15.3. The van der Waals surface area contributed by atoms with Crippen LogP contribution in [0, 0.1) is 11.3 Å². The second kappa shape index (κ2) is 14.4. The number of thiophene rings is 1. The summed E-state index contributed by atoms with van der Waals surface area (Å²) in [5.74, 6) is -1.56. The van der Waals surface area contributed by atoms with Gasteiger partial charge in [-0.15, -0.1) is 11.3 Å². The molecule has 234 valence electrons. The number of aliphatic carboxylic acids is 1. The van der Waals surface area contributed by atoms with Crippen LogP contribution in [0.1, 0.15) is 54.0 Å². The number of hydrogen-bond donors (Lipinski definition) is 3. The molecule has 3 amide bonds. The van der Waals surface area contributed by atoms with Gasteiger partial charge in [-0.2, -0.15) is 5.26 Å². The normalized spacial score (nSPS) is 13.3. The number of anilines is 2. The van der Waals surface area contributed by atoms with Crippen molar-refractivity contribution in [3.8, 4) is 11.8 Å². The van der Waals surface area contributed by atoms with Crippen molar-refractivity contribution < 1.29 is 29.0 Å². The van der Waals surface area contributed by atoms with Gasteiger partial charge >= 0.3 is 5.97 Å². The van der Waals surface area contributed by atoms with Crippen LogP contribution in [0.4, 0.5) is 11.4 Å². The lowest BCUT2D eigenvalue weighted by Gasteiger charge is -2.37. The molecule has 0 aliphatic carbocycles. The number of carboxylic acid groups (broad SMARTS) is 1. The van der Waals surface area contributed by atoms with Crippen LogP contribution in [-0.4, -0.2) is 67.0 Å². The Bertz CT molecular complexity index is 1780. The highest BCUT2D eigenvalue weighted by molar-refractivity contribution is 7.10. The van der Waals surface area contributed by atoms with Crippen LogP contribution >= 0.6 is 11.3 Å². The fourth-order valence-corrected chi connectivity index (χ4v) is 5.94. The SMILES string of the molecule is COc1cccc(C(=O)Nc2cc(C(=O)NC(CC(=O)O)c3cccs3)ccc2N2CCN(C(=O)c3ccc(C#N)cc3)CC2)c1. The maximum absolute atomic E-state index is 13.4. The molecule has 46 heavy (non-hydrogen) atoms. The highest BCUT2D eigenvalue weighted by atomic mass is 32.1. The first-order valence-electron chi connectivity index (χ1n) is 14.5. The van der Waals surface area contributed by atoms with Crippen LogP contribution in [0.25, 0.3) is 0 Å². The van der Waals surface area contributed by atoms with E-state index < -0.39 is 23.8 Å². The molecule has 3 aromatic carbocycles. The molecular weight excluding hydrogens is 606 g/mol. The van der Waals surface area contributed by atoms with Gasteiger partial charge in [-0.25, -0.2) is 0 Å². The highest BCUT2D eigenvalue weighted by Crippen LogP contribution is 2.30. The Balaban J connectivity index is 1.38. The lowest BCUT2D eigenvalue weighted by molar-refractivity contribution is -0.137. The Labute approximate surface area is 269 Å². The number of nitriles is 1. The molecule has 1 aliphatic heterocycles. The predicted octanol–water partition coefficient (Wildman–Crippen LogP) is 4.79. The predicted molar refractivity (Wildman–Crippen MR) is 173 cm³/mol. The van der Waals surface area contributed by atoms with Crippen LogP contribution < -0.4 is 20.3 Å². The van der Waals surface area contributed by atoms with E-state index in [0.717, 1.165) is 0 Å². The van der Waals surface area contributed by atoms with Gasteiger partial charge in [0.25, 0.3) is 17.7 Å². The van der Waals surface area contributed by atoms with E-state index in [0.29, 0.717) is 64.9 Å². The van der Waals surface area contributed by atoms with Crippen LogP contribution in [0.2, 0.25) is 0 Å². The van der Waals surface area contributed by atoms with Crippen molar-refractivity contribution in [2.24, 2.45) is 0 Å². The molecule has 1 aromatic heterocycles. The van der Waals surface area contributed by atoms with E-state index in [1.54, 1.807) is 83.8 Å². The van der Waals surface area contributed by atoms with Gasteiger partial charge in [0, 0.05) is 47.7 Å². The van der Waals surface area contributed by atoms with Crippen molar-refractivity contribution >= 4 is 46.4 Å².